The maximum atomic E-state index is 12.4. The van der Waals surface area contributed by atoms with Crippen LogP contribution in [-0.2, 0) is 22.6 Å². The van der Waals surface area contributed by atoms with Crippen molar-refractivity contribution in [2.24, 2.45) is 10.9 Å². The molecule has 1 aromatic carbocycles. The van der Waals surface area contributed by atoms with E-state index in [1.807, 2.05) is 17.0 Å². The number of fused-ring (bicyclic) bond motifs is 1. The van der Waals surface area contributed by atoms with Crippen LogP contribution in [0.1, 0.15) is 50.2 Å². The molecule has 1 aliphatic carbocycles. The molecule has 1 saturated carbocycles. The van der Waals surface area contributed by atoms with Gasteiger partial charge in [-0.25, -0.2) is 0 Å². The Balaban J connectivity index is 1.29. The Bertz CT molecular complexity index is 633. The lowest BCUT2D eigenvalue weighted by molar-refractivity contribution is -0.131. The fourth-order valence-electron chi connectivity index (χ4n) is 3.35. The van der Waals surface area contributed by atoms with Crippen molar-refractivity contribution in [2.45, 2.75) is 52.1 Å². The van der Waals surface area contributed by atoms with Crippen LogP contribution in [0.4, 0.5) is 0 Å². The molecule has 0 atom stereocenters. The van der Waals surface area contributed by atoms with E-state index in [9.17, 15) is 4.79 Å². The van der Waals surface area contributed by atoms with E-state index < -0.39 is 0 Å². The van der Waals surface area contributed by atoms with Gasteiger partial charge in [-0.1, -0.05) is 24.3 Å². The number of nitrogens with one attached hydrogen (secondary N) is 2. The second kappa shape index (κ2) is 11.1. The highest BCUT2D eigenvalue weighted by molar-refractivity contribution is 5.80. The normalized spacial score (nSPS) is 16.2. The minimum atomic E-state index is 0.220. The number of carbonyl (C=O) groups excluding carboxylic acids is 1. The smallest absolute Gasteiger partial charge is 0.223 e. The van der Waals surface area contributed by atoms with Gasteiger partial charge in [0.25, 0.3) is 0 Å². The second-order valence-corrected chi connectivity index (χ2v) is 7.68. The Hall–Kier alpha value is -2.08. The number of nitrogens with zero attached hydrogens (tertiary/aromatic N) is 2. The number of rotatable bonds is 11. The van der Waals surface area contributed by atoms with Crippen LogP contribution in [0.5, 0.6) is 0 Å². The topological polar surface area (TPSA) is 66.0 Å². The standard InChI is InChI=1S/C22H34N4O2/c1-2-23-22(25-13-6-14-28-17-18-10-11-18)24-12-5-9-21(27)26-15-19-7-3-4-8-20(19)16-26/h3-4,7-8,18H,2,5-6,9-17H2,1H3,(H2,23,24,25). The zero-order valence-corrected chi connectivity index (χ0v) is 17.1. The van der Waals surface area contributed by atoms with E-state index in [2.05, 4.69) is 34.7 Å². The lowest BCUT2D eigenvalue weighted by Gasteiger charge is -2.15. The Kier molecular flexibility index (Phi) is 8.15. The number of aliphatic imine (C=N–C) groups is 1. The molecular formula is C22H34N4O2. The third-order valence-corrected chi connectivity index (χ3v) is 5.16. The van der Waals surface area contributed by atoms with E-state index in [1.54, 1.807) is 0 Å². The van der Waals surface area contributed by atoms with Gasteiger partial charge in [-0.2, -0.15) is 0 Å². The van der Waals surface area contributed by atoms with Gasteiger partial charge in [0.2, 0.25) is 5.91 Å². The molecule has 2 N–H and O–H groups in total. The van der Waals surface area contributed by atoms with Crippen molar-refractivity contribution in [2.75, 3.05) is 32.8 Å². The van der Waals surface area contributed by atoms with Crippen molar-refractivity contribution in [3.8, 4) is 0 Å². The molecule has 0 saturated heterocycles. The van der Waals surface area contributed by atoms with E-state index in [0.29, 0.717) is 13.0 Å². The van der Waals surface area contributed by atoms with Crippen LogP contribution in [0.2, 0.25) is 0 Å². The first-order chi connectivity index (χ1) is 13.8. The fraction of sp³-hybridized carbons (Fsp3) is 0.636. The number of benzene rings is 1. The number of guanidine groups is 1. The third-order valence-electron chi connectivity index (χ3n) is 5.16. The van der Waals surface area contributed by atoms with Gasteiger partial charge in [0, 0.05) is 52.4 Å². The summed E-state index contributed by atoms with van der Waals surface area (Å²) in [5.74, 6) is 1.87. The van der Waals surface area contributed by atoms with E-state index in [1.165, 1.54) is 24.0 Å². The molecule has 3 rings (SSSR count). The molecule has 0 radical (unpaired) electrons. The molecule has 0 spiro atoms. The molecular weight excluding hydrogens is 352 g/mol. The van der Waals surface area contributed by atoms with Gasteiger partial charge in [-0.05, 0) is 49.7 Å². The third kappa shape index (κ3) is 6.82. The maximum absolute atomic E-state index is 12.4. The van der Waals surface area contributed by atoms with E-state index in [4.69, 9.17) is 4.74 Å². The zero-order chi connectivity index (χ0) is 19.6. The van der Waals surface area contributed by atoms with Crippen LogP contribution in [0.3, 0.4) is 0 Å². The summed E-state index contributed by atoms with van der Waals surface area (Å²) in [5, 5.41) is 6.60. The summed E-state index contributed by atoms with van der Waals surface area (Å²) in [6.07, 6.45) is 4.97. The number of amides is 1. The molecule has 1 aromatic rings. The fourth-order valence-corrected chi connectivity index (χ4v) is 3.35. The van der Waals surface area contributed by atoms with Crippen molar-refractivity contribution in [1.82, 2.24) is 15.5 Å². The van der Waals surface area contributed by atoms with Crippen molar-refractivity contribution in [3.05, 3.63) is 35.4 Å². The molecule has 1 fully saturated rings. The van der Waals surface area contributed by atoms with Crippen LogP contribution in [0, 0.1) is 5.92 Å². The Labute approximate surface area is 168 Å². The molecule has 6 nitrogen and oxygen atoms in total. The van der Waals surface area contributed by atoms with Crippen molar-refractivity contribution < 1.29 is 9.53 Å². The van der Waals surface area contributed by atoms with Gasteiger partial charge in [-0.15, -0.1) is 0 Å². The summed E-state index contributed by atoms with van der Waals surface area (Å²) >= 11 is 0. The molecule has 0 unspecified atom stereocenters. The van der Waals surface area contributed by atoms with Gasteiger partial charge in [-0.3, -0.25) is 9.79 Å². The number of carbonyl (C=O) groups is 1. The number of hydrogen-bond donors (Lipinski definition) is 2. The highest BCUT2D eigenvalue weighted by Crippen LogP contribution is 2.28. The molecule has 28 heavy (non-hydrogen) atoms. The molecule has 1 aliphatic heterocycles. The predicted octanol–water partition coefficient (Wildman–Crippen LogP) is 2.68. The Morgan fingerprint density at radius 1 is 1.18 bits per heavy atom. The summed E-state index contributed by atoms with van der Waals surface area (Å²) in [6.45, 7) is 7.59. The van der Waals surface area contributed by atoms with Gasteiger partial charge >= 0.3 is 0 Å². The minimum absolute atomic E-state index is 0.220. The van der Waals surface area contributed by atoms with Gasteiger partial charge in [0.1, 0.15) is 0 Å². The van der Waals surface area contributed by atoms with E-state index >= 15 is 0 Å². The largest absolute Gasteiger partial charge is 0.381 e. The highest BCUT2D eigenvalue weighted by Gasteiger charge is 2.22. The SMILES string of the molecule is CCNC(=NCCCC(=O)N1Cc2ccccc2C1)NCCCOCC1CC1. The molecule has 2 aliphatic rings. The van der Waals surface area contributed by atoms with E-state index in [0.717, 1.165) is 64.1 Å². The molecule has 0 aromatic heterocycles. The van der Waals surface area contributed by atoms with Gasteiger partial charge in [0.15, 0.2) is 5.96 Å². The van der Waals surface area contributed by atoms with Gasteiger partial charge < -0.3 is 20.3 Å². The predicted molar refractivity (Wildman–Crippen MR) is 112 cm³/mol. The quantitative estimate of drug-likeness (QED) is 0.349. The molecule has 1 heterocycles. The molecule has 6 heteroatoms. The number of hydrogen-bond acceptors (Lipinski definition) is 3. The Morgan fingerprint density at radius 2 is 1.93 bits per heavy atom. The molecule has 154 valence electrons. The van der Waals surface area contributed by atoms with Gasteiger partial charge in [0.05, 0.1) is 0 Å². The highest BCUT2D eigenvalue weighted by atomic mass is 16.5. The number of ether oxygens (including phenoxy) is 1. The Morgan fingerprint density at radius 3 is 2.61 bits per heavy atom. The maximum Gasteiger partial charge on any atom is 0.223 e. The minimum Gasteiger partial charge on any atom is -0.381 e. The summed E-state index contributed by atoms with van der Waals surface area (Å²) < 4.78 is 5.65. The lowest BCUT2D eigenvalue weighted by atomic mass is 10.1. The first kappa shape index (κ1) is 20.6. The summed E-state index contributed by atoms with van der Waals surface area (Å²) in [6, 6.07) is 8.29. The summed E-state index contributed by atoms with van der Waals surface area (Å²) in [7, 11) is 0. The van der Waals surface area contributed by atoms with E-state index in [-0.39, 0.29) is 5.91 Å². The molecule has 1 amide bonds. The van der Waals surface area contributed by atoms with Crippen molar-refractivity contribution >= 4 is 11.9 Å². The lowest BCUT2D eigenvalue weighted by Crippen LogP contribution is -2.38. The van der Waals surface area contributed by atoms with Crippen LogP contribution in [-0.4, -0.2) is 49.6 Å². The average molecular weight is 387 g/mol. The van der Waals surface area contributed by atoms with Crippen molar-refractivity contribution in [1.29, 1.82) is 0 Å². The van der Waals surface area contributed by atoms with Crippen molar-refractivity contribution in [3.63, 3.8) is 0 Å². The first-order valence-electron chi connectivity index (χ1n) is 10.7. The van der Waals surface area contributed by atoms with Crippen LogP contribution < -0.4 is 10.6 Å². The monoisotopic (exact) mass is 386 g/mol. The summed E-state index contributed by atoms with van der Waals surface area (Å²) in [4.78, 5) is 19.0. The first-order valence-corrected chi connectivity index (χ1v) is 10.7. The molecule has 0 bridgehead atoms. The average Bonchev–Trinajstić information content (AvgIpc) is 3.42. The van der Waals surface area contributed by atoms with Crippen LogP contribution >= 0.6 is 0 Å². The van der Waals surface area contributed by atoms with Crippen LogP contribution in [0.15, 0.2) is 29.3 Å². The second-order valence-electron chi connectivity index (χ2n) is 7.68. The zero-order valence-electron chi connectivity index (χ0n) is 17.1. The van der Waals surface area contributed by atoms with Crippen LogP contribution in [0.25, 0.3) is 0 Å². The summed E-state index contributed by atoms with van der Waals surface area (Å²) in [5.41, 5.74) is 2.54.